The minimum Gasteiger partial charge on any atom is -0.369 e. The van der Waals surface area contributed by atoms with Gasteiger partial charge in [0.25, 0.3) is 5.56 Å². The van der Waals surface area contributed by atoms with Crippen LogP contribution in [0.3, 0.4) is 0 Å². The zero-order chi connectivity index (χ0) is 12.5. The molecule has 0 aliphatic heterocycles. The van der Waals surface area contributed by atoms with Crippen LogP contribution in [0.5, 0.6) is 0 Å². The number of aromatic nitrogens is 4. The molecule has 2 heterocycles. The average Bonchev–Trinajstić information content (AvgIpc) is 2.74. The third-order valence-electron chi connectivity index (χ3n) is 2.69. The van der Waals surface area contributed by atoms with E-state index in [0.717, 1.165) is 5.56 Å². The van der Waals surface area contributed by atoms with Crippen molar-refractivity contribution in [2.45, 2.75) is 6.54 Å². The van der Waals surface area contributed by atoms with Crippen LogP contribution >= 0.6 is 0 Å². The zero-order valence-corrected chi connectivity index (χ0v) is 9.50. The van der Waals surface area contributed by atoms with Gasteiger partial charge in [0.05, 0.1) is 12.9 Å². The van der Waals surface area contributed by atoms with E-state index in [1.807, 2.05) is 30.3 Å². The highest BCUT2D eigenvalue weighted by molar-refractivity contribution is 5.70. The first-order valence-electron chi connectivity index (χ1n) is 5.48. The predicted molar refractivity (Wildman–Crippen MR) is 68.1 cm³/mol. The van der Waals surface area contributed by atoms with Gasteiger partial charge in [0.2, 0.25) is 5.95 Å². The number of anilines is 1. The van der Waals surface area contributed by atoms with Gasteiger partial charge in [0.15, 0.2) is 11.2 Å². The van der Waals surface area contributed by atoms with Crippen LogP contribution in [-0.4, -0.2) is 19.5 Å². The summed E-state index contributed by atoms with van der Waals surface area (Å²) < 4.78 is 1.80. The van der Waals surface area contributed by atoms with Crippen molar-refractivity contribution in [2.75, 3.05) is 5.73 Å². The smallest absolute Gasteiger partial charge is 0.280 e. The van der Waals surface area contributed by atoms with Crippen LogP contribution in [-0.2, 0) is 6.54 Å². The van der Waals surface area contributed by atoms with Gasteiger partial charge in [-0.05, 0) is 5.56 Å². The number of aromatic amines is 1. The molecule has 6 nitrogen and oxygen atoms in total. The fraction of sp³-hybridized carbons (Fsp3) is 0.0833. The molecule has 6 heteroatoms. The number of nitrogens with zero attached hydrogens (tertiary/aromatic N) is 3. The van der Waals surface area contributed by atoms with Gasteiger partial charge < -0.3 is 10.3 Å². The number of nitrogen functional groups attached to an aromatic ring is 1. The summed E-state index contributed by atoms with van der Waals surface area (Å²) >= 11 is 0. The lowest BCUT2D eigenvalue weighted by atomic mass is 10.2. The van der Waals surface area contributed by atoms with Crippen LogP contribution in [0, 0.1) is 0 Å². The van der Waals surface area contributed by atoms with Crippen LogP contribution < -0.4 is 11.3 Å². The Morgan fingerprint density at radius 3 is 2.83 bits per heavy atom. The van der Waals surface area contributed by atoms with Gasteiger partial charge in [-0.25, -0.2) is 4.98 Å². The summed E-state index contributed by atoms with van der Waals surface area (Å²) in [6.45, 7) is 0.604. The molecule has 0 atom stereocenters. The summed E-state index contributed by atoms with van der Waals surface area (Å²) in [5.41, 5.74) is 7.14. The molecule has 0 fully saturated rings. The van der Waals surface area contributed by atoms with Gasteiger partial charge in [-0.15, -0.1) is 0 Å². The molecule has 0 bridgehead atoms. The fourth-order valence-corrected chi connectivity index (χ4v) is 1.87. The third kappa shape index (κ3) is 1.73. The van der Waals surface area contributed by atoms with Crippen LogP contribution in [0.25, 0.3) is 11.2 Å². The van der Waals surface area contributed by atoms with Crippen LogP contribution in [0.15, 0.2) is 41.5 Å². The largest absolute Gasteiger partial charge is 0.369 e. The quantitative estimate of drug-likeness (QED) is 0.692. The van der Waals surface area contributed by atoms with Crippen molar-refractivity contribution in [3.05, 3.63) is 52.6 Å². The third-order valence-corrected chi connectivity index (χ3v) is 2.69. The second kappa shape index (κ2) is 3.99. The van der Waals surface area contributed by atoms with Crippen LogP contribution in [0.1, 0.15) is 5.56 Å². The maximum Gasteiger partial charge on any atom is 0.280 e. The van der Waals surface area contributed by atoms with Crippen molar-refractivity contribution < 1.29 is 0 Å². The first-order chi connectivity index (χ1) is 8.74. The minimum atomic E-state index is -0.315. The van der Waals surface area contributed by atoms with E-state index in [4.69, 9.17) is 5.73 Å². The number of hydrogen-bond donors (Lipinski definition) is 2. The Kier molecular flexibility index (Phi) is 2.33. The standard InChI is InChI=1S/C12H11N5O/c13-12-15-10-9(11(18)16-12)14-7-17(10)6-8-4-2-1-3-5-8/h1-5,7H,6H2,(H3,13,15,16,18). The van der Waals surface area contributed by atoms with E-state index in [0.29, 0.717) is 17.7 Å². The monoisotopic (exact) mass is 241 g/mol. The molecule has 3 N–H and O–H groups in total. The van der Waals surface area contributed by atoms with E-state index in [2.05, 4.69) is 15.0 Å². The lowest BCUT2D eigenvalue weighted by Gasteiger charge is -2.03. The SMILES string of the molecule is Nc1nc2c(ncn2Cc2ccccc2)c(=O)[nH]1. The highest BCUT2D eigenvalue weighted by Gasteiger charge is 2.09. The van der Waals surface area contributed by atoms with Crippen LogP contribution in [0.2, 0.25) is 0 Å². The number of benzene rings is 1. The van der Waals surface area contributed by atoms with Crippen molar-refractivity contribution in [3.63, 3.8) is 0 Å². The van der Waals surface area contributed by atoms with Gasteiger partial charge in [-0.1, -0.05) is 30.3 Å². The number of hydrogen-bond acceptors (Lipinski definition) is 4. The van der Waals surface area contributed by atoms with Gasteiger partial charge in [0.1, 0.15) is 0 Å². The second-order valence-corrected chi connectivity index (χ2v) is 3.98. The van der Waals surface area contributed by atoms with Crippen LogP contribution in [0.4, 0.5) is 5.95 Å². The number of rotatable bonds is 2. The number of fused-ring (bicyclic) bond motifs is 1. The van der Waals surface area contributed by atoms with E-state index >= 15 is 0 Å². The average molecular weight is 241 g/mol. The topological polar surface area (TPSA) is 89.6 Å². The molecule has 3 aromatic rings. The highest BCUT2D eigenvalue weighted by Crippen LogP contribution is 2.09. The summed E-state index contributed by atoms with van der Waals surface area (Å²) in [4.78, 5) is 22.2. The van der Waals surface area contributed by atoms with Crippen molar-refractivity contribution in [1.29, 1.82) is 0 Å². The minimum absolute atomic E-state index is 0.0994. The van der Waals surface area contributed by atoms with E-state index < -0.39 is 0 Å². The van der Waals surface area contributed by atoms with Crippen molar-refractivity contribution in [1.82, 2.24) is 19.5 Å². The molecule has 90 valence electrons. The van der Waals surface area contributed by atoms with Gasteiger partial charge >= 0.3 is 0 Å². The van der Waals surface area contributed by atoms with Crippen molar-refractivity contribution in [2.24, 2.45) is 0 Å². The van der Waals surface area contributed by atoms with E-state index in [-0.39, 0.29) is 11.5 Å². The molecular formula is C12H11N5O. The highest BCUT2D eigenvalue weighted by atomic mass is 16.1. The van der Waals surface area contributed by atoms with E-state index in [9.17, 15) is 4.79 Å². The van der Waals surface area contributed by atoms with Crippen molar-refractivity contribution >= 4 is 17.1 Å². The molecule has 0 saturated heterocycles. The van der Waals surface area contributed by atoms with Crippen molar-refractivity contribution in [3.8, 4) is 0 Å². The molecule has 1 aromatic carbocycles. The molecule has 0 saturated carbocycles. The normalized spacial score (nSPS) is 10.9. The molecule has 0 unspecified atom stereocenters. The zero-order valence-electron chi connectivity index (χ0n) is 9.50. The summed E-state index contributed by atoms with van der Waals surface area (Å²) in [5, 5.41) is 0. The van der Waals surface area contributed by atoms with E-state index in [1.54, 1.807) is 10.9 Å². The molecule has 2 aromatic heterocycles. The molecule has 18 heavy (non-hydrogen) atoms. The Morgan fingerprint density at radius 1 is 1.28 bits per heavy atom. The first-order valence-corrected chi connectivity index (χ1v) is 5.48. The Bertz CT molecular complexity index is 744. The lowest BCUT2D eigenvalue weighted by Crippen LogP contribution is -2.12. The number of nitrogens with one attached hydrogen (secondary N) is 1. The van der Waals surface area contributed by atoms with E-state index in [1.165, 1.54) is 0 Å². The molecule has 0 amide bonds. The summed E-state index contributed by atoms with van der Waals surface area (Å²) in [6.07, 6.45) is 1.60. The maximum absolute atomic E-state index is 11.6. The number of imidazole rings is 1. The Morgan fingerprint density at radius 2 is 2.06 bits per heavy atom. The fourth-order valence-electron chi connectivity index (χ4n) is 1.87. The van der Waals surface area contributed by atoms with Gasteiger partial charge in [0, 0.05) is 0 Å². The molecule has 0 aliphatic rings. The Balaban J connectivity index is 2.11. The van der Waals surface area contributed by atoms with Gasteiger partial charge in [-0.3, -0.25) is 9.78 Å². The molecular weight excluding hydrogens is 230 g/mol. The molecule has 0 radical (unpaired) electrons. The number of H-pyrrole nitrogens is 1. The predicted octanol–water partition coefficient (Wildman–Crippen LogP) is 0.750. The number of nitrogens with two attached hydrogens (primary N) is 1. The maximum atomic E-state index is 11.6. The molecule has 3 rings (SSSR count). The summed E-state index contributed by atoms with van der Waals surface area (Å²) in [6, 6.07) is 9.88. The lowest BCUT2D eigenvalue weighted by molar-refractivity contribution is 0.814. The Labute approximate surface area is 102 Å². The molecule has 0 aliphatic carbocycles. The Hall–Kier alpha value is -2.63. The summed E-state index contributed by atoms with van der Waals surface area (Å²) in [7, 11) is 0. The van der Waals surface area contributed by atoms with Gasteiger partial charge in [-0.2, -0.15) is 4.98 Å². The first kappa shape index (κ1) is 10.5. The second-order valence-electron chi connectivity index (χ2n) is 3.98. The summed E-state index contributed by atoms with van der Waals surface area (Å²) in [5.74, 6) is 0.0994. The molecule has 0 spiro atoms.